The monoisotopic (exact) mass is 242 g/mol. The summed E-state index contributed by atoms with van der Waals surface area (Å²) in [6.45, 7) is 2.97. The molecule has 1 saturated carbocycles. The van der Waals surface area contributed by atoms with Crippen LogP contribution >= 0.6 is 11.8 Å². The zero-order valence-electron chi connectivity index (χ0n) is 10.1. The Morgan fingerprint density at radius 3 is 2.69 bits per heavy atom. The van der Waals surface area contributed by atoms with E-state index in [-0.39, 0.29) is 6.04 Å². The maximum absolute atomic E-state index is 12.3. The van der Waals surface area contributed by atoms with Gasteiger partial charge in [0.2, 0.25) is 5.91 Å². The third kappa shape index (κ3) is 2.72. The molecule has 0 radical (unpaired) electrons. The Morgan fingerprint density at radius 1 is 1.38 bits per heavy atom. The Morgan fingerprint density at radius 2 is 2.12 bits per heavy atom. The largest absolute Gasteiger partial charge is 0.339 e. The van der Waals surface area contributed by atoms with Gasteiger partial charge in [-0.2, -0.15) is 0 Å². The number of hydrogen-bond donors (Lipinski definition) is 1. The molecule has 2 fully saturated rings. The molecule has 4 heteroatoms. The molecule has 0 aromatic carbocycles. The highest BCUT2D eigenvalue weighted by atomic mass is 32.2. The van der Waals surface area contributed by atoms with Gasteiger partial charge >= 0.3 is 0 Å². The van der Waals surface area contributed by atoms with Gasteiger partial charge in [0, 0.05) is 24.2 Å². The number of carbonyl (C=O) groups excluding carboxylic acids is 1. The Kier molecular flexibility index (Phi) is 4.53. The number of carbonyl (C=O) groups is 1. The normalized spacial score (nSPS) is 26.9. The maximum Gasteiger partial charge on any atom is 0.240 e. The summed E-state index contributed by atoms with van der Waals surface area (Å²) in [5.41, 5.74) is 0. The highest BCUT2D eigenvalue weighted by Crippen LogP contribution is 2.24. The molecule has 1 atom stereocenters. The number of rotatable bonds is 3. The first-order chi connectivity index (χ1) is 7.83. The number of amides is 1. The minimum atomic E-state index is 0.0758. The van der Waals surface area contributed by atoms with E-state index in [4.69, 9.17) is 0 Å². The number of nitrogens with zero attached hydrogens (tertiary/aromatic N) is 1. The molecule has 1 saturated heterocycles. The molecule has 0 aromatic rings. The molecule has 1 amide bonds. The second kappa shape index (κ2) is 5.92. The number of thioether (sulfide) groups is 1. The standard InChI is InChI=1S/C12H22N2OS/c1-2-14(10-6-4-3-5-7-10)12(15)11-8-16-9-13-11/h10-11,13H,2-9H2,1H3. The fourth-order valence-corrected chi connectivity index (χ4v) is 3.67. The van der Waals surface area contributed by atoms with E-state index in [0.717, 1.165) is 18.2 Å². The average Bonchev–Trinajstić information content (AvgIpc) is 2.85. The summed E-state index contributed by atoms with van der Waals surface area (Å²) < 4.78 is 0. The summed E-state index contributed by atoms with van der Waals surface area (Å²) >= 11 is 1.83. The lowest BCUT2D eigenvalue weighted by atomic mass is 9.94. The smallest absolute Gasteiger partial charge is 0.240 e. The third-order valence-electron chi connectivity index (χ3n) is 3.65. The number of likely N-dealkylation sites (N-methyl/N-ethyl adjacent to an activating group) is 1. The van der Waals surface area contributed by atoms with E-state index in [1.165, 1.54) is 32.1 Å². The van der Waals surface area contributed by atoms with Gasteiger partial charge in [0.1, 0.15) is 0 Å². The van der Waals surface area contributed by atoms with Crippen LogP contribution in [-0.2, 0) is 4.79 Å². The molecule has 0 spiro atoms. The molecule has 0 aromatic heterocycles. The Balaban J connectivity index is 1.94. The summed E-state index contributed by atoms with van der Waals surface area (Å²) in [7, 11) is 0. The van der Waals surface area contributed by atoms with Crippen LogP contribution in [0.2, 0.25) is 0 Å². The van der Waals surface area contributed by atoms with E-state index in [9.17, 15) is 4.79 Å². The highest BCUT2D eigenvalue weighted by molar-refractivity contribution is 7.99. The molecule has 1 unspecified atom stereocenters. The van der Waals surface area contributed by atoms with Gasteiger partial charge in [-0.1, -0.05) is 19.3 Å². The van der Waals surface area contributed by atoms with Crippen molar-refractivity contribution in [2.75, 3.05) is 18.2 Å². The van der Waals surface area contributed by atoms with Crippen LogP contribution in [-0.4, -0.2) is 41.1 Å². The molecule has 1 aliphatic carbocycles. The summed E-state index contributed by atoms with van der Waals surface area (Å²) in [5.74, 6) is 2.21. The molecular weight excluding hydrogens is 220 g/mol. The van der Waals surface area contributed by atoms with Crippen molar-refractivity contribution in [2.45, 2.75) is 51.1 Å². The summed E-state index contributed by atoms with van der Waals surface area (Å²) in [6, 6.07) is 0.588. The van der Waals surface area contributed by atoms with Gasteiger partial charge in [-0.25, -0.2) is 0 Å². The van der Waals surface area contributed by atoms with Gasteiger partial charge in [-0.3, -0.25) is 10.1 Å². The zero-order valence-corrected chi connectivity index (χ0v) is 10.9. The van der Waals surface area contributed by atoms with Crippen molar-refractivity contribution in [1.29, 1.82) is 0 Å². The molecule has 16 heavy (non-hydrogen) atoms. The van der Waals surface area contributed by atoms with Crippen LogP contribution < -0.4 is 5.32 Å². The van der Waals surface area contributed by atoms with Gasteiger partial charge < -0.3 is 4.90 Å². The quantitative estimate of drug-likeness (QED) is 0.819. The maximum atomic E-state index is 12.3. The van der Waals surface area contributed by atoms with Gasteiger partial charge in [0.05, 0.1) is 6.04 Å². The summed E-state index contributed by atoms with van der Waals surface area (Å²) in [5, 5.41) is 3.28. The van der Waals surface area contributed by atoms with Gasteiger partial charge in [0.25, 0.3) is 0 Å². The summed E-state index contributed by atoms with van der Waals surface area (Å²) in [4.78, 5) is 14.4. The Labute approximate surface area is 102 Å². The summed E-state index contributed by atoms with van der Waals surface area (Å²) in [6.07, 6.45) is 6.35. The molecule has 1 aliphatic heterocycles. The van der Waals surface area contributed by atoms with Crippen LogP contribution in [0.1, 0.15) is 39.0 Å². The topological polar surface area (TPSA) is 32.3 Å². The van der Waals surface area contributed by atoms with E-state index in [1.54, 1.807) is 0 Å². The fraction of sp³-hybridized carbons (Fsp3) is 0.917. The second-order valence-corrected chi connectivity index (χ2v) is 5.72. The lowest BCUT2D eigenvalue weighted by Gasteiger charge is -2.35. The minimum Gasteiger partial charge on any atom is -0.339 e. The van der Waals surface area contributed by atoms with E-state index in [0.29, 0.717) is 11.9 Å². The molecule has 0 bridgehead atoms. The number of hydrogen-bond acceptors (Lipinski definition) is 3. The first kappa shape index (κ1) is 12.2. The van der Waals surface area contributed by atoms with Crippen molar-refractivity contribution in [3.63, 3.8) is 0 Å². The predicted octanol–water partition coefficient (Wildman–Crippen LogP) is 1.83. The van der Waals surface area contributed by atoms with E-state index >= 15 is 0 Å². The van der Waals surface area contributed by atoms with Crippen molar-refractivity contribution in [3.8, 4) is 0 Å². The third-order valence-corrected chi connectivity index (χ3v) is 4.59. The zero-order chi connectivity index (χ0) is 11.4. The van der Waals surface area contributed by atoms with Crippen LogP contribution in [0, 0.1) is 0 Å². The van der Waals surface area contributed by atoms with Crippen LogP contribution in [0.5, 0.6) is 0 Å². The van der Waals surface area contributed by atoms with Crippen molar-refractivity contribution in [1.82, 2.24) is 10.2 Å². The van der Waals surface area contributed by atoms with Crippen LogP contribution in [0.3, 0.4) is 0 Å². The van der Waals surface area contributed by atoms with Crippen LogP contribution in [0.4, 0.5) is 0 Å². The van der Waals surface area contributed by atoms with Crippen LogP contribution in [0.25, 0.3) is 0 Å². The van der Waals surface area contributed by atoms with Gasteiger partial charge in [0.15, 0.2) is 0 Å². The Hall–Kier alpha value is -0.220. The van der Waals surface area contributed by atoms with Crippen molar-refractivity contribution in [3.05, 3.63) is 0 Å². The number of nitrogens with one attached hydrogen (secondary N) is 1. The predicted molar refractivity (Wildman–Crippen MR) is 68.5 cm³/mol. The van der Waals surface area contributed by atoms with Crippen LogP contribution in [0.15, 0.2) is 0 Å². The van der Waals surface area contributed by atoms with Crippen molar-refractivity contribution >= 4 is 17.7 Å². The molecule has 1 heterocycles. The lowest BCUT2D eigenvalue weighted by Crippen LogP contribution is -2.49. The van der Waals surface area contributed by atoms with Gasteiger partial charge in [-0.15, -0.1) is 11.8 Å². The lowest BCUT2D eigenvalue weighted by molar-refractivity contribution is -0.135. The second-order valence-electron chi connectivity index (χ2n) is 4.69. The molecule has 92 valence electrons. The molecule has 2 aliphatic rings. The van der Waals surface area contributed by atoms with E-state index < -0.39 is 0 Å². The molecule has 3 nitrogen and oxygen atoms in total. The van der Waals surface area contributed by atoms with E-state index in [2.05, 4.69) is 17.1 Å². The van der Waals surface area contributed by atoms with Crippen molar-refractivity contribution in [2.24, 2.45) is 0 Å². The van der Waals surface area contributed by atoms with Gasteiger partial charge in [-0.05, 0) is 19.8 Å². The fourth-order valence-electron chi connectivity index (χ4n) is 2.74. The SMILES string of the molecule is CCN(C(=O)C1CSCN1)C1CCCCC1. The Bertz CT molecular complexity index is 235. The highest BCUT2D eigenvalue weighted by Gasteiger charge is 2.31. The van der Waals surface area contributed by atoms with Crippen molar-refractivity contribution < 1.29 is 4.79 Å². The van der Waals surface area contributed by atoms with E-state index in [1.807, 2.05) is 11.8 Å². The first-order valence-corrected chi connectivity index (χ1v) is 7.60. The molecule has 1 N–H and O–H groups in total. The molecule has 2 rings (SSSR count). The molecular formula is C12H22N2OS. The first-order valence-electron chi connectivity index (χ1n) is 6.44. The minimum absolute atomic E-state index is 0.0758. The average molecular weight is 242 g/mol.